The maximum Gasteiger partial charge on any atom is 0.257 e. The van der Waals surface area contributed by atoms with Crippen molar-refractivity contribution in [1.82, 2.24) is 15.1 Å². The molecular weight excluding hydrogens is 390 g/mol. The Kier molecular flexibility index (Phi) is 6.52. The minimum atomic E-state index is -0.158. The van der Waals surface area contributed by atoms with Crippen LogP contribution >= 0.6 is 12.2 Å². The first-order chi connectivity index (χ1) is 14.7. The van der Waals surface area contributed by atoms with Crippen LogP contribution in [0.3, 0.4) is 0 Å². The van der Waals surface area contributed by atoms with Gasteiger partial charge in [-0.25, -0.2) is 0 Å². The third-order valence-corrected chi connectivity index (χ3v) is 5.81. The zero-order valence-electron chi connectivity index (χ0n) is 16.8. The van der Waals surface area contributed by atoms with Gasteiger partial charge in [-0.2, -0.15) is 0 Å². The van der Waals surface area contributed by atoms with E-state index < -0.39 is 0 Å². The van der Waals surface area contributed by atoms with Gasteiger partial charge in [-0.1, -0.05) is 78.9 Å². The molecular formula is C25H25N3OS. The van der Waals surface area contributed by atoms with Crippen molar-refractivity contribution in [2.45, 2.75) is 6.04 Å². The van der Waals surface area contributed by atoms with Crippen LogP contribution in [0.2, 0.25) is 0 Å². The largest absolute Gasteiger partial charge is 0.346 e. The van der Waals surface area contributed by atoms with E-state index in [0.29, 0.717) is 10.7 Å². The smallest absolute Gasteiger partial charge is 0.257 e. The van der Waals surface area contributed by atoms with Gasteiger partial charge in [0.1, 0.15) is 0 Å². The maximum absolute atomic E-state index is 12.4. The van der Waals surface area contributed by atoms with Crippen LogP contribution in [-0.4, -0.2) is 47.0 Å². The number of amides is 1. The third-order valence-electron chi connectivity index (χ3n) is 5.45. The molecule has 3 aromatic carbocycles. The molecule has 0 bridgehead atoms. The van der Waals surface area contributed by atoms with Crippen LogP contribution in [0, 0.1) is 0 Å². The summed E-state index contributed by atoms with van der Waals surface area (Å²) in [6.45, 7) is 3.31. The van der Waals surface area contributed by atoms with Crippen LogP contribution in [0.15, 0.2) is 91.0 Å². The van der Waals surface area contributed by atoms with E-state index in [0.717, 1.165) is 26.2 Å². The van der Waals surface area contributed by atoms with Crippen molar-refractivity contribution in [1.29, 1.82) is 0 Å². The molecule has 1 N–H and O–H groups in total. The number of benzene rings is 3. The van der Waals surface area contributed by atoms with Crippen molar-refractivity contribution in [3.8, 4) is 0 Å². The number of carbonyl (C=O) groups excluding carboxylic acids is 1. The normalized spacial score (nSPS) is 14.5. The van der Waals surface area contributed by atoms with Gasteiger partial charge in [0.25, 0.3) is 5.91 Å². The van der Waals surface area contributed by atoms with E-state index in [1.807, 2.05) is 18.2 Å². The molecule has 1 amide bonds. The molecule has 0 atom stereocenters. The minimum Gasteiger partial charge on any atom is -0.346 e. The summed E-state index contributed by atoms with van der Waals surface area (Å²) in [6, 6.07) is 30.6. The monoisotopic (exact) mass is 415 g/mol. The molecule has 4 rings (SSSR count). The fourth-order valence-electron chi connectivity index (χ4n) is 3.91. The summed E-state index contributed by atoms with van der Waals surface area (Å²) in [5.74, 6) is -0.158. The standard InChI is InChI=1S/C25H25N3OS/c29-24(22-14-8-3-9-15-22)26-25(30)28-18-16-27(17-19-28)23(20-10-4-1-5-11-20)21-12-6-2-7-13-21/h1-15,23H,16-19H2,(H,26,29,30). The van der Waals surface area contributed by atoms with Crippen molar-refractivity contribution in [3.05, 3.63) is 108 Å². The lowest BCUT2D eigenvalue weighted by molar-refractivity contribution is 0.0967. The number of carbonyl (C=O) groups is 1. The number of piperazine rings is 1. The van der Waals surface area contributed by atoms with Gasteiger partial charge in [0.2, 0.25) is 0 Å². The SMILES string of the molecule is O=C(NC(=S)N1CCN(C(c2ccccc2)c2ccccc2)CC1)c1ccccc1. The van der Waals surface area contributed by atoms with Crippen LogP contribution in [0.4, 0.5) is 0 Å². The molecule has 0 aliphatic carbocycles. The second-order valence-corrected chi connectivity index (χ2v) is 7.76. The van der Waals surface area contributed by atoms with E-state index in [1.165, 1.54) is 11.1 Å². The molecule has 1 heterocycles. The highest BCUT2D eigenvalue weighted by molar-refractivity contribution is 7.80. The lowest BCUT2D eigenvalue weighted by atomic mass is 9.96. The molecule has 0 unspecified atom stereocenters. The molecule has 0 spiro atoms. The van der Waals surface area contributed by atoms with Crippen molar-refractivity contribution >= 4 is 23.2 Å². The van der Waals surface area contributed by atoms with Crippen molar-refractivity contribution in [2.75, 3.05) is 26.2 Å². The van der Waals surface area contributed by atoms with Gasteiger partial charge in [-0.05, 0) is 35.5 Å². The Morgan fingerprint density at radius 3 is 1.70 bits per heavy atom. The number of nitrogens with one attached hydrogen (secondary N) is 1. The highest BCUT2D eigenvalue weighted by atomic mass is 32.1. The van der Waals surface area contributed by atoms with Gasteiger partial charge >= 0.3 is 0 Å². The first-order valence-electron chi connectivity index (χ1n) is 10.2. The average molecular weight is 416 g/mol. The topological polar surface area (TPSA) is 35.6 Å². The summed E-state index contributed by atoms with van der Waals surface area (Å²) in [5.41, 5.74) is 3.20. The van der Waals surface area contributed by atoms with Gasteiger partial charge in [0.05, 0.1) is 6.04 Å². The molecule has 4 nitrogen and oxygen atoms in total. The Morgan fingerprint density at radius 2 is 1.20 bits per heavy atom. The predicted molar refractivity (Wildman–Crippen MR) is 124 cm³/mol. The van der Waals surface area contributed by atoms with Crippen LogP contribution in [0.25, 0.3) is 0 Å². The van der Waals surface area contributed by atoms with Gasteiger partial charge in [-0.15, -0.1) is 0 Å². The Hall–Kier alpha value is -3.02. The van der Waals surface area contributed by atoms with Gasteiger partial charge < -0.3 is 4.90 Å². The van der Waals surface area contributed by atoms with Crippen LogP contribution in [0.1, 0.15) is 27.5 Å². The minimum absolute atomic E-state index is 0.158. The lowest BCUT2D eigenvalue weighted by Crippen LogP contribution is -2.53. The molecule has 1 fully saturated rings. The predicted octanol–water partition coefficient (Wildman–Crippen LogP) is 4.11. The summed E-state index contributed by atoms with van der Waals surface area (Å²) in [5, 5.41) is 3.37. The van der Waals surface area contributed by atoms with E-state index in [-0.39, 0.29) is 11.9 Å². The van der Waals surface area contributed by atoms with E-state index in [2.05, 4.69) is 75.8 Å². The van der Waals surface area contributed by atoms with E-state index in [1.54, 1.807) is 12.1 Å². The van der Waals surface area contributed by atoms with E-state index in [9.17, 15) is 4.79 Å². The number of thiocarbonyl (C=S) groups is 1. The van der Waals surface area contributed by atoms with Crippen LogP contribution in [0.5, 0.6) is 0 Å². The summed E-state index contributed by atoms with van der Waals surface area (Å²) < 4.78 is 0. The van der Waals surface area contributed by atoms with Gasteiger partial charge in [0, 0.05) is 31.7 Å². The molecule has 3 aromatic rings. The molecule has 1 saturated heterocycles. The Labute approximate surface area is 183 Å². The highest BCUT2D eigenvalue weighted by Crippen LogP contribution is 2.29. The molecule has 0 saturated carbocycles. The molecule has 5 heteroatoms. The van der Waals surface area contributed by atoms with Crippen molar-refractivity contribution in [2.24, 2.45) is 0 Å². The average Bonchev–Trinajstić information content (AvgIpc) is 2.81. The van der Waals surface area contributed by atoms with E-state index >= 15 is 0 Å². The number of rotatable bonds is 4. The summed E-state index contributed by atoms with van der Waals surface area (Å²) in [4.78, 5) is 17.0. The Balaban J connectivity index is 1.42. The van der Waals surface area contributed by atoms with Crippen molar-refractivity contribution in [3.63, 3.8) is 0 Å². The molecule has 30 heavy (non-hydrogen) atoms. The number of hydrogen-bond donors (Lipinski definition) is 1. The summed E-state index contributed by atoms with van der Waals surface area (Å²) in [7, 11) is 0. The van der Waals surface area contributed by atoms with Crippen LogP contribution < -0.4 is 5.32 Å². The van der Waals surface area contributed by atoms with Gasteiger partial charge in [0.15, 0.2) is 5.11 Å². The van der Waals surface area contributed by atoms with Crippen LogP contribution in [-0.2, 0) is 0 Å². The lowest BCUT2D eigenvalue weighted by Gasteiger charge is -2.40. The fraction of sp³-hybridized carbons (Fsp3) is 0.200. The quantitative estimate of drug-likeness (QED) is 0.651. The molecule has 0 radical (unpaired) electrons. The summed E-state index contributed by atoms with van der Waals surface area (Å²) in [6.07, 6.45) is 0. The van der Waals surface area contributed by atoms with Crippen molar-refractivity contribution < 1.29 is 4.79 Å². The zero-order valence-corrected chi connectivity index (χ0v) is 17.6. The Morgan fingerprint density at radius 1 is 0.733 bits per heavy atom. The molecule has 1 aliphatic heterocycles. The third kappa shape index (κ3) is 4.75. The summed E-state index contributed by atoms with van der Waals surface area (Å²) >= 11 is 5.52. The second-order valence-electron chi connectivity index (χ2n) is 7.37. The number of nitrogens with zero attached hydrogens (tertiary/aromatic N) is 2. The zero-order chi connectivity index (χ0) is 20.8. The first kappa shape index (κ1) is 20.3. The first-order valence-corrected chi connectivity index (χ1v) is 10.6. The molecule has 0 aromatic heterocycles. The second kappa shape index (κ2) is 9.65. The Bertz CT molecular complexity index is 932. The fourth-order valence-corrected chi connectivity index (χ4v) is 4.18. The number of hydrogen-bond acceptors (Lipinski definition) is 3. The van der Waals surface area contributed by atoms with E-state index in [4.69, 9.17) is 12.2 Å². The molecule has 152 valence electrons. The molecule has 1 aliphatic rings. The highest BCUT2D eigenvalue weighted by Gasteiger charge is 2.27. The van der Waals surface area contributed by atoms with Gasteiger partial charge in [-0.3, -0.25) is 15.0 Å². The maximum atomic E-state index is 12.4.